The Labute approximate surface area is 219 Å². The molecule has 0 unspecified atom stereocenters. The van der Waals surface area contributed by atoms with Crippen LogP contribution in [0.3, 0.4) is 0 Å². The number of anilines is 1. The van der Waals surface area contributed by atoms with E-state index < -0.39 is 17.6 Å². The standard InChI is InChI=1S/C29H27FN4O4/c1-37-22-13-7-19(8-14-22)26-17-34(21-11-15-23(38-2)16-12-21)29(31-26)32-27(35)18-33(20-9-10-20)28(36)24-5-3-4-6-25(24)30/h3-8,11-17,20H,9-10,18H2,1-2H3,(H,31,32,35). The molecule has 0 aliphatic heterocycles. The molecule has 0 atom stereocenters. The number of benzene rings is 3. The van der Waals surface area contributed by atoms with Gasteiger partial charge in [0.15, 0.2) is 0 Å². The lowest BCUT2D eigenvalue weighted by atomic mass is 10.1. The molecule has 9 heteroatoms. The number of methoxy groups -OCH3 is 2. The summed E-state index contributed by atoms with van der Waals surface area (Å²) in [6, 6.07) is 20.5. The van der Waals surface area contributed by atoms with Crippen LogP contribution in [-0.2, 0) is 4.79 Å². The van der Waals surface area contributed by atoms with Crippen LogP contribution < -0.4 is 14.8 Å². The van der Waals surface area contributed by atoms with Gasteiger partial charge in [0.1, 0.15) is 23.9 Å². The number of nitrogens with zero attached hydrogens (tertiary/aromatic N) is 3. The van der Waals surface area contributed by atoms with Gasteiger partial charge in [-0.2, -0.15) is 0 Å². The number of carbonyl (C=O) groups is 2. The molecule has 1 aliphatic rings. The number of amides is 2. The van der Waals surface area contributed by atoms with Crippen LogP contribution >= 0.6 is 0 Å². The number of halogens is 1. The molecule has 1 aromatic heterocycles. The summed E-state index contributed by atoms with van der Waals surface area (Å²) in [6.45, 7) is -0.217. The van der Waals surface area contributed by atoms with Crippen LogP contribution in [-0.4, -0.2) is 53.1 Å². The van der Waals surface area contributed by atoms with Gasteiger partial charge < -0.3 is 14.4 Å². The molecule has 1 saturated carbocycles. The minimum atomic E-state index is -0.609. The fourth-order valence-corrected chi connectivity index (χ4v) is 4.17. The first-order valence-corrected chi connectivity index (χ1v) is 12.2. The van der Waals surface area contributed by atoms with E-state index >= 15 is 0 Å². The summed E-state index contributed by atoms with van der Waals surface area (Å²) in [7, 11) is 3.19. The summed E-state index contributed by atoms with van der Waals surface area (Å²) < 4.78 is 26.6. The third-order valence-electron chi connectivity index (χ3n) is 6.36. The van der Waals surface area contributed by atoms with Crippen molar-refractivity contribution in [1.29, 1.82) is 0 Å². The Hall–Kier alpha value is -4.66. The van der Waals surface area contributed by atoms with E-state index in [1.54, 1.807) is 24.9 Å². The van der Waals surface area contributed by atoms with E-state index in [-0.39, 0.29) is 18.2 Å². The molecule has 1 heterocycles. The third-order valence-corrected chi connectivity index (χ3v) is 6.36. The summed E-state index contributed by atoms with van der Waals surface area (Å²) in [5.74, 6) is 0.169. The van der Waals surface area contributed by atoms with Gasteiger partial charge in [0.2, 0.25) is 11.9 Å². The van der Waals surface area contributed by atoms with Gasteiger partial charge in [-0.1, -0.05) is 12.1 Å². The number of ether oxygens (including phenoxy) is 2. The highest BCUT2D eigenvalue weighted by Crippen LogP contribution is 2.30. The van der Waals surface area contributed by atoms with Crippen molar-refractivity contribution in [3.8, 4) is 28.4 Å². The highest BCUT2D eigenvalue weighted by molar-refractivity contribution is 5.99. The van der Waals surface area contributed by atoms with Crippen molar-refractivity contribution in [1.82, 2.24) is 14.5 Å². The summed E-state index contributed by atoms with van der Waals surface area (Å²) in [5.41, 5.74) is 2.19. The van der Waals surface area contributed by atoms with E-state index in [0.717, 1.165) is 29.8 Å². The normalized spacial score (nSPS) is 12.6. The van der Waals surface area contributed by atoms with Gasteiger partial charge in [-0.3, -0.25) is 19.5 Å². The molecule has 8 nitrogen and oxygen atoms in total. The molecular weight excluding hydrogens is 487 g/mol. The van der Waals surface area contributed by atoms with Gasteiger partial charge in [-0.15, -0.1) is 0 Å². The van der Waals surface area contributed by atoms with Crippen molar-refractivity contribution >= 4 is 17.8 Å². The third kappa shape index (κ3) is 5.36. The first kappa shape index (κ1) is 25.0. The molecule has 4 aromatic rings. The average molecular weight is 515 g/mol. The SMILES string of the molecule is COc1ccc(-c2cn(-c3ccc(OC)cc3)c(NC(=O)CN(C(=O)c3ccccc3F)C3CC3)n2)cc1. The Kier molecular flexibility index (Phi) is 7.08. The molecule has 194 valence electrons. The van der Waals surface area contributed by atoms with Crippen LogP contribution in [0.25, 0.3) is 16.9 Å². The van der Waals surface area contributed by atoms with Gasteiger partial charge in [-0.05, 0) is 73.5 Å². The maximum Gasteiger partial charge on any atom is 0.257 e. The Morgan fingerprint density at radius 1 is 0.974 bits per heavy atom. The lowest BCUT2D eigenvalue weighted by Gasteiger charge is -2.22. The fraction of sp³-hybridized carbons (Fsp3) is 0.207. The molecule has 0 spiro atoms. The first-order chi connectivity index (χ1) is 18.5. The van der Waals surface area contributed by atoms with Crippen LogP contribution in [0.4, 0.5) is 10.3 Å². The molecule has 3 aromatic carbocycles. The van der Waals surface area contributed by atoms with Crippen LogP contribution in [0.2, 0.25) is 0 Å². The fourth-order valence-electron chi connectivity index (χ4n) is 4.17. The molecule has 38 heavy (non-hydrogen) atoms. The smallest absolute Gasteiger partial charge is 0.257 e. The number of carbonyl (C=O) groups excluding carboxylic acids is 2. The second-order valence-corrected chi connectivity index (χ2v) is 8.94. The lowest BCUT2D eigenvalue weighted by molar-refractivity contribution is -0.117. The number of nitrogens with one attached hydrogen (secondary N) is 1. The van der Waals surface area contributed by atoms with Crippen LogP contribution in [0, 0.1) is 5.82 Å². The van der Waals surface area contributed by atoms with Crippen molar-refractivity contribution in [2.24, 2.45) is 0 Å². The molecule has 1 fully saturated rings. The van der Waals surface area contributed by atoms with Crippen LogP contribution in [0.5, 0.6) is 11.5 Å². The van der Waals surface area contributed by atoms with Crippen LogP contribution in [0.1, 0.15) is 23.2 Å². The second kappa shape index (κ2) is 10.8. The minimum absolute atomic E-state index is 0.0475. The van der Waals surface area contributed by atoms with Crippen molar-refractivity contribution in [3.05, 3.63) is 90.4 Å². The zero-order chi connectivity index (χ0) is 26.6. The van der Waals surface area contributed by atoms with Crippen molar-refractivity contribution in [3.63, 3.8) is 0 Å². The quantitative estimate of drug-likeness (QED) is 0.342. The number of hydrogen-bond donors (Lipinski definition) is 1. The monoisotopic (exact) mass is 514 g/mol. The number of hydrogen-bond acceptors (Lipinski definition) is 5. The van der Waals surface area contributed by atoms with Gasteiger partial charge >= 0.3 is 0 Å². The van der Waals surface area contributed by atoms with E-state index in [0.29, 0.717) is 17.4 Å². The Morgan fingerprint density at radius 2 is 1.61 bits per heavy atom. The first-order valence-electron chi connectivity index (χ1n) is 12.2. The van der Waals surface area contributed by atoms with Crippen molar-refractivity contribution < 1.29 is 23.5 Å². The van der Waals surface area contributed by atoms with E-state index in [9.17, 15) is 14.0 Å². The van der Waals surface area contributed by atoms with Crippen molar-refractivity contribution in [2.45, 2.75) is 18.9 Å². The molecule has 1 N–H and O–H groups in total. The maximum atomic E-state index is 14.3. The van der Waals surface area contributed by atoms with Crippen molar-refractivity contribution in [2.75, 3.05) is 26.1 Å². The molecule has 2 amide bonds. The molecule has 0 saturated heterocycles. The highest BCUT2D eigenvalue weighted by atomic mass is 19.1. The lowest BCUT2D eigenvalue weighted by Crippen LogP contribution is -2.40. The van der Waals surface area contributed by atoms with E-state index in [1.165, 1.54) is 23.1 Å². The molecule has 0 radical (unpaired) electrons. The van der Waals surface area contributed by atoms with Gasteiger partial charge in [-0.25, -0.2) is 9.37 Å². The number of imidazole rings is 1. The van der Waals surface area contributed by atoms with Gasteiger partial charge in [0.05, 0.1) is 25.5 Å². The van der Waals surface area contributed by atoms with Gasteiger partial charge in [0.25, 0.3) is 5.91 Å². The Morgan fingerprint density at radius 3 is 2.21 bits per heavy atom. The average Bonchev–Trinajstić information content (AvgIpc) is 3.71. The minimum Gasteiger partial charge on any atom is -0.497 e. The topological polar surface area (TPSA) is 85.7 Å². The summed E-state index contributed by atoms with van der Waals surface area (Å²) >= 11 is 0. The van der Waals surface area contributed by atoms with E-state index in [1.807, 2.05) is 54.7 Å². The number of aromatic nitrogens is 2. The number of rotatable bonds is 9. The van der Waals surface area contributed by atoms with Gasteiger partial charge in [0, 0.05) is 23.5 Å². The zero-order valence-corrected chi connectivity index (χ0v) is 21.1. The molecule has 1 aliphatic carbocycles. The zero-order valence-electron chi connectivity index (χ0n) is 21.1. The maximum absolute atomic E-state index is 14.3. The molecule has 5 rings (SSSR count). The predicted molar refractivity (Wildman–Crippen MR) is 141 cm³/mol. The van der Waals surface area contributed by atoms with E-state index in [2.05, 4.69) is 10.3 Å². The summed E-state index contributed by atoms with van der Waals surface area (Å²) in [4.78, 5) is 32.4. The molecule has 0 bridgehead atoms. The Bertz CT molecular complexity index is 1450. The predicted octanol–water partition coefficient (Wildman–Crippen LogP) is 4.94. The summed E-state index contributed by atoms with van der Waals surface area (Å²) in [5, 5.41) is 2.85. The van der Waals surface area contributed by atoms with Crippen LogP contribution in [0.15, 0.2) is 79.0 Å². The van der Waals surface area contributed by atoms with E-state index in [4.69, 9.17) is 9.47 Å². The molecular formula is C29H27FN4O4. The largest absolute Gasteiger partial charge is 0.497 e. The second-order valence-electron chi connectivity index (χ2n) is 8.94. The summed E-state index contributed by atoms with van der Waals surface area (Å²) in [6.07, 6.45) is 3.37. The Balaban J connectivity index is 1.42. The highest BCUT2D eigenvalue weighted by Gasteiger charge is 2.35.